The Bertz CT molecular complexity index is 789. The van der Waals surface area contributed by atoms with Crippen LogP contribution in [0, 0.1) is 0 Å². The number of carbonyl (C=O) groups is 2. The maximum absolute atomic E-state index is 12.7. The summed E-state index contributed by atoms with van der Waals surface area (Å²) in [6.45, 7) is 1.17. The summed E-state index contributed by atoms with van der Waals surface area (Å²) in [6.07, 6.45) is 1.43. The minimum Gasteiger partial charge on any atom is -0.342 e. The van der Waals surface area contributed by atoms with Crippen LogP contribution in [0.1, 0.15) is 34.9 Å². The van der Waals surface area contributed by atoms with Crippen molar-refractivity contribution in [2.24, 2.45) is 7.05 Å². The molecule has 3 rings (SSSR count). The van der Waals surface area contributed by atoms with E-state index in [0.717, 1.165) is 18.5 Å². The molecule has 1 fully saturated rings. The summed E-state index contributed by atoms with van der Waals surface area (Å²) >= 11 is 12.1. The van der Waals surface area contributed by atoms with Crippen LogP contribution in [0.15, 0.2) is 36.4 Å². The predicted octanol–water partition coefficient (Wildman–Crippen LogP) is 3.43. The molecule has 2 aromatic rings. The Morgan fingerprint density at radius 3 is 2.56 bits per heavy atom. The zero-order chi connectivity index (χ0) is 18.0. The van der Waals surface area contributed by atoms with Crippen molar-refractivity contribution in [1.82, 2.24) is 14.8 Å². The van der Waals surface area contributed by atoms with Gasteiger partial charge in [0, 0.05) is 26.6 Å². The highest BCUT2D eigenvalue weighted by molar-refractivity contribution is 6.41. The summed E-state index contributed by atoms with van der Waals surface area (Å²) in [6, 6.07) is 10.9. The average Bonchev–Trinajstić information content (AvgIpc) is 3.13. The van der Waals surface area contributed by atoms with Gasteiger partial charge in [-0.15, -0.1) is 0 Å². The monoisotopic (exact) mass is 379 g/mol. The van der Waals surface area contributed by atoms with Crippen LogP contribution < -0.4 is 5.32 Å². The van der Waals surface area contributed by atoms with Crippen molar-refractivity contribution >= 4 is 35.0 Å². The number of nitrogens with zero attached hydrogens (tertiary/aromatic N) is 2. The first kappa shape index (κ1) is 17.8. The van der Waals surface area contributed by atoms with Crippen LogP contribution in [0.25, 0.3) is 0 Å². The van der Waals surface area contributed by atoms with Crippen molar-refractivity contribution in [2.75, 3.05) is 13.1 Å². The van der Waals surface area contributed by atoms with Crippen LogP contribution in [-0.4, -0.2) is 34.4 Å². The molecule has 5 nitrogen and oxygen atoms in total. The Morgan fingerprint density at radius 1 is 1.28 bits per heavy atom. The van der Waals surface area contributed by atoms with Gasteiger partial charge in [0.05, 0.1) is 11.1 Å². The van der Waals surface area contributed by atoms with E-state index in [9.17, 15) is 9.59 Å². The molecule has 1 saturated heterocycles. The minimum atomic E-state index is -0.303. The topological polar surface area (TPSA) is 54.3 Å². The zero-order valence-corrected chi connectivity index (χ0v) is 15.3. The lowest BCUT2D eigenvalue weighted by Gasteiger charge is -2.25. The van der Waals surface area contributed by atoms with Gasteiger partial charge in [0.1, 0.15) is 10.8 Å². The van der Waals surface area contributed by atoms with Crippen LogP contribution >= 0.6 is 23.2 Å². The lowest BCUT2D eigenvalue weighted by molar-refractivity contribution is -0.128. The highest BCUT2D eigenvalue weighted by Gasteiger charge is 2.26. The molecule has 2 heterocycles. The summed E-state index contributed by atoms with van der Waals surface area (Å²) in [5, 5.41) is 3.66. The van der Waals surface area contributed by atoms with Crippen molar-refractivity contribution in [3.63, 3.8) is 0 Å². The van der Waals surface area contributed by atoms with Crippen LogP contribution in [-0.2, 0) is 11.8 Å². The summed E-state index contributed by atoms with van der Waals surface area (Å²) in [5.74, 6) is -0.156. The zero-order valence-electron chi connectivity index (χ0n) is 13.8. The van der Waals surface area contributed by atoms with Crippen molar-refractivity contribution in [1.29, 1.82) is 0 Å². The number of aromatic nitrogens is 1. The Hall–Kier alpha value is -1.98. The molecule has 1 N–H and O–H groups in total. The molecule has 0 radical (unpaired) electrons. The first-order valence-corrected chi connectivity index (χ1v) is 8.87. The molecule has 25 heavy (non-hydrogen) atoms. The fraction of sp³-hybridized carbons (Fsp3) is 0.333. The van der Waals surface area contributed by atoms with E-state index in [1.54, 1.807) is 22.6 Å². The second-order valence-corrected chi connectivity index (χ2v) is 6.87. The van der Waals surface area contributed by atoms with E-state index in [4.69, 9.17) is 23.2 Å². The van der Waals surface area contributed by atoms with Crippen LogP contribution in [0.4, 0.5) is 0 Å². The van der Waals surface area contributed by atoms with Crippen LogP contribution in [0.2, 0.25) is 10.2 Å². The normalized spacial score (nSPS) is 15.5. The average molecular weight is 380 g/mol. The van der Waals surface area contributed by atoms with Crippen molar-refractivity contribution in [2.45, 2.75) is 18.9 Å². The first-order chi connectivity index (χ1) is 12.0. The molecule has 0 spiro atoms. The van der Waals surface area contributed by atoms with Crippen LogP contribution in [0.5, 0.6) is 0 Å². The molecule has 1 aromatic carbocycles. The standard InChI is InChI=1S/C18H19Cl2N3O2/c1-22-15(10-13(19)17(22)20)18(25)21-14(12-6-3-2-4-7-12)11-23-9-5-8-16(23)24/h2-4,6-7,10,14H,5,8-9,11H2,1H3,(H,21,25)/t14-/m1/s1. The van der Waals surface area contributed by atoms with Gasteiger partial charge in [0.25, 0.3) is 5.91 Å². The van der Waals surface area contributed by atoms with Crippen LogP contribution in [0.3, 0.4) is 0 Å². The molecular formula is C18H19Cl2N3O2. The third-order valence-corrected chi connectivity index (χ3v) is 5.27. The fourth-order valence-electron chi connectivity index (χ4n) is 3.03. The Morgan fingerprint density at radius 2 is 2.00 bits per heavy atom. The number of amides is 2. The Labute approximate surface area is 156 Å². The van der Waals surface area contributed by atoms with Gasteiger partial charge in [-0.1, -0.05) is 53.5 Å². The molecule has 0 unspecified atom stereocenters. The lowest BCUT2D eigenvalue weighted by Crippen LogP contribution is -2.39. The highest BCUT2D eigenvalue weighted by atomic mass is 35.5. The maximum atomic E-state index is 12.7. The molecule has 1 atom stereocenters. The molecule has 1 aliphatic heterocycles. The van der Waals surface area contributed by atoms with E-state index in [2.05, 4.69) is 5.32 Å². The lowest BCUT2D eigenvalue weighted by atomic mass is 10.1. The SMILES string of the molecule is Cn1c(C(=O)N[C@H](CN2CCCC2=O)c2ccccc2)cc(Cl)c1Cl. The minimum absolute atomic E-state index is 0.125. The largest absolute Gasteiger partial charge is 0.342 e. The molecule has 2 amide bonds. The maximum Gasteiger partial charge on any atom is 0.268 e. The van der Waals surface area contributed by atoms with Gasteiger partial charge in [0.15, 0.2) is 0 Å². The van der Waals surface area contributed by atoms with Gasteiger partial charge in [-0.3, -0.25) is 9.59 Å². The smallest absolute Gasteiger partial charge is 0.268 e. The summed E-state index contributed by atoms with van der Waals surface area (Å²) in [4.78, 5) is 26.5. The third kappa shape index (κ3) is 3.83. The second-order valence-electron chi connectivity index (χ2n) is 6.11. The fourth-order valence-corrected chi connectivity index (χ4v) is 3.41. The molecular weight excluding hydrogens is 361 g/mol. The number of benzene rings is 1. The van der Waals surface area contributed by atoms with E-state index < -0.39 is 0 Å². The molecule has 0 aliphatic carbocycles. The van der Waals surface area contributed by atoms with Gasteiger partial charge >= 0.3 is 0 Å². The van der Waals surface area contributed by atoms with Gasteiger partial charge in [-0.25, -0.2) is 0 Å². The molecule has 0 saturated carbocycles. The Balaban J connectivity index is 1.83. The predicted molar refractivity (Wildman–Crippen MR) is 97.9 cm³/mol. The van der Waals surface area contributed by atoms with Gasteiger partial charge < -0.3 is 14.8 Å². The van der Waals surface area contributed by atoms with Gasteiger partial charge in [-0.2, -0.15) is 0 Å². The van der Waals surface area contributed by atoms with E-state index in [1.807, 2.05) is 30.3 Å². The summed E-state index contributed by atoms with van der Waals surface area (Å²) < 4.78 is 1.54. The van der Waals surface area contributed by atoms with E-state index in [0.29, 0.717) is 28.8 Å². The molecule has 0 bridgehead atoms. The van der Waals surface area contributed by atoms with Crippen molar-refractivity contribution in [3.05, 3.63) is 57.8 Å². The third-order valence-electron chi connectivity index (χ3n) is 4.43. The molecule has 1 aromatic heterocycles. The second kappa shape index (κ2) is 7.50. The van der Waals surface area contributed by atoms with E-state index >= 15 is 0 Å². The van der Waals surface area contributed by atoms with Gasteiger partial charge in [-0.05, 0) is 18.1 Å². The quantitative estimate of drug-likeness (QED) is 0.864. The Kier molecular flexibility index (Phi) is 5.35. The van der Waals surface area contributed by atoms with Gasteiger partial charge in [0.2, 0.25) is 5.91 Å². The number of halogens is 2. The number of nitrogens with one attached hydrogen (secondary N) is 1. The summed E-state index contributed by atoms with van der Waals surface area (Å²) in [7, 11) is 1.69. The summed E-state index contributed by atoms with van der Waals surface area (Å²) in [5.41, 5.74) is 1.32. The van der Waals surface area contributed by atoms with Crippen molar-refractivity contribution in [3.8, 4) is 0 Å². The number of hydrogen-bond donors (Lipinski definition) is 1. The number of likely N-dealkylation sites (tertiary alicyclic amines) is 1. The van der Waals surface area contributed by atoms with Crippen molar-refractivity contribution < 1.29 is 9.59 Å². The molecule has 1 aliphatic rings. The molecule has 132 valence electrons. The number of carbonyl (C=O) groups excluding carboxylic acids is 2. The molecule has 7 heteroatoms. The van der Waals surface area contributed by atoms with E-state index in [1.165, 1.54) is 0 Å². The first-order valence-electron chi connectivity index (χ1n) is 8.11. The number of hydrogen-bond acceptors (Lipinski definition) is 2. The van der Waals surface area contributed by atoms with E-state index in [-0.39, 0.29) is 17.9 Å². The highest BCUT2D eigenvalue weighted by Crippen LogP contribution is 2.26. The number of rotatable bonds is 5.